The Morgan fingerprint density at radius 2 is 1.93 bits per heavy atom. The highest BCUT2D eigenvalue weighted by molar-refractivity contribution is 5.13. The third-order valence-corrected chi connectivity index (χ3v) is 3.34. The predicted octanol–water partition coefficient (Wildman–Crippen LogP) is 2.97. The monoisotopic (exact) mass is 209 g/mol. The largest absolute Gasteiger partial charge is 0.416 e. The van der Waals surface area contributed by atoms with Crippen LogP contribution < -0.4 is 5.76 Å². The molecule has 0 bridgehead atoms. The summed E-state index contributed by atoms with van der Waals surface area (Å²) in [7, 11) is 0. The molecule has 1 aliphatic carbocycles. The summed E-state index contributed by atoms with van der Waals surface area (Å²) in [4.78, 5) is 14.0. The Morgan fingerprint density at radius 1 is 1.27 bits per heavy atom. The number of hydrogen-bond acceptors (Lipinski definition) is 2. The van der Waals surface area contributed by atoms with Crippen molar-refractivity contribution < 1.29 is 4.42 Å². The minimum Gasteiger partial charge on any atom is -0.413 e. The molecule has 0 aliphatic heterocycles. The van der Waals surface area contributed by atoms with Gasteiger partial charge in [0, 0.05) is 12.3 Å². The van der Waals surface area contributed by atoms with Gasteiger partial charge in [0.15, 0.2) is 0 Å². The van der Waals surface area contributed by atoms with Crippen molar-refractivity contribution in [1.29, 1.82) is 0 Å². The number of H-pyrrole nitrogens is 1. The fraction of sp³-hybridized carbons (Fsp3) is 0.750. The van der Waals surface area contributed by atoms with E-state index in [9.17, 15) is 4.79 Å². The molecule has 1 aromatic heterocycles. The van der Waals surface area contributed by atoms with Gasteiger partial charge in [0.1, 0.15) is 5.76 Å². The maximum atomic E-state index is 11.2. The van der Waals surface area contributed by atoms with Gasteiger partial charge in [-0.15, -0.1) is 0 Å². The zero-order valence-electron chi connectivity index (χ0n) is 9.34. The Kier molecular flexibility index (Phi) is 3.29. The Morgan fingerprint density at radius 3 is 2.53 bits per heavy atom. The van der Waals surface area contributed by atoms with Crippen LogP contribution >= 0.6 is 0 Å². The predicted molar refractivity (Wildman–Crippen MR) is 59.1 cm³/mol. The zero-order chi connectivity index (χ0) is 10.7. The van der Waals surface area contributed by atoms with E-state index in [0.717, 1.165) is 17.9 Å². The maximum Gasteiger partial charge on any atom is 0.416 e. The second-order valence-corrected chi connectivity index (χ2v) is 4.39. The van der Waals surface area contributed by atoms with Crippen molar-refractivity contribution in [2.75, 3.05) is 0 Å². The Bertz CT molecular complexity index is 356. The molecule has 1 aromatic rings. The first-order chi connectivity index (χ1) is 7.31. The average molecular weight is 209 g/mol. The summed E-state index contributed by atoms with van der Waals surface area (Å²) >= 11 is 0. The minimum atomic E-state index is -0.286. The standard InChI is InChI=1S/C12H19NO2/c1-2-10-11(13-12(14)15-10)9-7-5-3-4-6-8-9/h9H,2-8H2,1H3,(H,13,14). The van der Waals surface area contributed by atoms with Gasteiger partial charge in [0.25, 0.3) is 0 Å². The van der Waals surface area contributed by atoms with Crippen molar-refractivity contribution >= 4 is 0 Å². The van der Waals surface area contributed by atoms with Gasteiger partial charge in [-0.3, -0.25) is 4.98 Å². The summed E-state index contributed by atoms with van der Waals surface area (Å²) in [6.07, 6.45) is 8.43. The van der Waals surface area contributed by atoms with Crippen molar-refractivity contribution in [3.63, 3.8) is 0 Å². The molecule has 2 rings (SSSR count). The molecule has 0 unspecified atom stereocenters. The van der Waals surface area contributed by atoms with Gasteiger partial charge in [0.2, 0.25) is 0 Å². The quantitative estimate of drug-likeness (QED) is 0.761. The van der Waals surface area contributed by atoms with E-state index in [4.69, 9.17) is 4.42 Å². The molecule has 3 heteroatoms. The lowest BCUT2D eigenvalue weighted by atomic mass is 9.95. The lowest BCUT2D eigenvalue weighted by Crippen LogP contribution is -2.03. The second-order valence-electron chi connectivity index (χ2n) is 4.39. The summed E-state index contributed by atoms with van der Waals surface area (Å²) in [5.74, 6) is 1.10. The van der Waals surface area contributed by atoms with Gasteiger partial charge in [-0.25, -0.2) is 4.79 Å². The SMILES string of the molecule is CCc1oc(=O)[nH]c1C1CCCCCC1. The van der Waals surface area contributed by atoms with Crippen LogP contribution in [0.15, 0.2) is 9.21 Å². The molecule has 1 N–H and O–H groups in total. The molecule has 1 fully saturated rings. The van der Waals surface area contributed by atoms with E-state index in [1.54, 1.807) is 0 Å². The van der Waals surface area contributed by atoms with Crippen LogP contribution in [0.25, 0.3) is 0 Å². The summed E-state index contributed by atoms with van der Waals surface area (Å²) in [6.45, 7) is 2.03. The number of rotatable bonds is 2. The molecule has 1 heterocycles. The van der Waals surface area contributed by atoms with Crippen LogP contribution in [0.5, 0.6) is 0 Å². The van der Waals surface area contributed by atoms with Crippen LogP contribution in [-0.2, 0) is 6.42 Å². The van der Waals surface area contributed by atoms with Gasteiger partial charge >= 0.3 is 5.76 Å². The maximum absolute atomic E-state index is 11.2. The highest BCUT2D eigenvalue weighted by atomic mass is 16.4. The first kappa shape index (κ1) is 10.5. The molecular formula is C12H19NO2. The number of aromatic nitrogens is 1. The van der Waals surface area contributed by atoms with Crippen LogP contribution in [-0.4, -0.2) is 4.98 Å². The van der Waals surface area contributed by atoms with Crippen molar-refractivity contribution in [3.8, 4) is 0 Å². The van der Waals surface area contributed by atoms with Crippen LogP contribution in [0.3, 0.4) is 0 Å². The van der Waals surface area contributed by atoms with Crippen molar-refractivity contribution in [2.45, 2.75) is 57.8 Å². The van der Waals surface area contributed by atoms with Gasteiger partial charge in [0.05, 0.1) is 5.69 Å². The van der Waals surface area contributed by atoms with Crippen molar-refractivity contribution in [1.82, 2.24) is 4.98 Å². The van der Waals surface area contributed by atoms with E-state index < -0.39 is 0 Å². The summed E-state index contributed by atoms with van der Waals surface area (Å²) in [5.41, 5.74) is 1.07. The van der Waals surface area contributed by atoms with Gasteiger partial charge in [-0.05, 0) is 12.8 Å². The van der Waals surface area contributed by atoms with Gasteiger partial charge in [-0.1, -0.05) is 32.6 Å². The van der Waals surface area contributed by atoms with E-state index >= 15 is 0 Å². The van der Waals surface area contributed by atoms with Gasteiger partial charge in [-0.2, -0.15) is 0 Å². The Hall–Kier alpha value is -0.990. The summed E-state index contributed by atoms with van der Waals surface area (Å²) < 4.78 is 5.15. The Labute approximate surface area is 89.9 Å². The Balaban J connectivity index is 2.22. The summed E-state index contributed by atoms with van der Waals surface area (Å²) in [5, 5.41) is 0. The smallest absolute Gasteiger partial charge is 0.413 e. The fourth-order valence-electron chi connectivity index (χ4n) is 2.53. The first-order valence-electron chi connectivity index (χ1n) is 6.03. The molecule has 1 saturated carbocycles. The molecule has 0 amide bonds. The zero-order valence-corrected chi connectivity index (χ0v) is 9.34. The van der Waals surface area contributed by atoms with Crippen LogP contribution in [0.4, 0.5) is 0 Å². The molecular weight excluding hydrogens is 190 g/mol. The molecule has 0 atom stereocenters. The third-order valence-electron chi connectivity index (χ3n) is 3.34. The molecule has 15 heavy (non-hydrogen) atoms. The van der Waals surface area contributed by atoms with E-state index in [0.29, 0.717) is 5.92 Å². The van der Waals surface area contributed by atoms with Crippen LogP contribution in [0.1, 0.15) is 62.8 Å². The summed E-state index contributed by atoms with van der Waals surface area (Å²) in [6, 6.07) is 0. The molecule has 3 nitrogen and oxygen atoms in total. The molecule has 84 valence electrons. The minimum absolute atomic E-state index is 0.286. The molecule has 0 spiro atoms. The lowest BCUT2D eigenvalue weighted by molar-refractivity contribution is 0.467. The van der Waals surface area contributed by atoms with Crippen LogP contribution in [0.2, 0.25) is 0 Å². The van der Waals surface area contributed by atoms with Crippen LogP contribution in [0, 0.1) is 0 Å². The molecule has 0 aromatic carbocycles. The van der Waals surface area contributed by atoms with E-state index in [-0.39, 0.29) is 5.76 Å². The molecule has 0 saturated heterocycles. The number of nitrogens with one attached hydrogen (secondary N) is 1. The second kappa shape index (κ2) is 4.69. The first-order valence-corrected chi connectivity index (χ1v) is 6.03. The number of aryl methyl sites for hydroxylation is 1. The normalized spacial score (nSPS) is 19.0. The molecule has 0 radical (unpaired) electrons. The third kappa shape index (κ3) is 2.33. The highest BCUT2D eigenvalue weighted by Crippen LogP contribution is 2.31. The van der Waals surface area contributed by atoms with Crippen molar-refractivity contribution in [2.24, 2.45) is 0 Å². The van der Waals surface area contributed by atoms with Gasteiger partial charge < -0.3 is 4.42 Å². The number of oxazole rings is 1. The van der Waals surface area contributed by atoms with E-state index in [1.807, 2.05) is 6.92 Å². The van der Waals surface area contributed by atoms with E-state index in [2.05, 4.69) is 4.98 Å². The number of hydrogen-bond donors (Lipinski definition) is 1. The molecule has 1 aliphatic rings. The highest BCUT2D eigenvalue weighted by Gasteiger charge is 2.20. The average Bonchev–Trinajstić information content (AvgIpc) is 2.47. The fourth-order valence-corrected chi connectivity index (χ4v) is 2.53. The van der Waals surface area contributed by atoms with E-state index in [1.165, 1.54) is 38.5 Å². The topological polar surface area (TPSA) is 46.0 Å². The number of aromatic amines is 1. The lowest BCUT2D eigenvalue weighted by Gasteiger charge is -2.12. The van der Waals surface area contributed by atoms with Crippen molar-refractivity contribution in [3.05, 3.63) is 22.0 Å².